The number of halogens is 1. The van der Waals surface area contributed by atoms with Crippen LogP contribution in [-0.2, 0) is 10.3 Å². The minimum atomic E-state index is -0.942. The van der Waals surface area contributed by atoms with Crippen LogP contribution >= 0.6 is 0 Å². The van der Waals surface area contributed by atoms with Crippen molar-refractivity contribution in [2.45, 2.75) is 19.4 Å². The topological polar surface area (TPSA) is 55.1 Å². The molecule has 1 atom stereocenters. The molecule has 1 rings (SSSR count). The van der Waals surface area contributed by atoms with Gasteiger partial charge in [-0.1, -0.05) is 19.1 Å². The lowest BCUT2D eigenvalue weighted by Crippen LogP contribution is -2.50. The number of benzene rings is 1. The van der Waals surface area contributed by atoms with Gasteiger partial charge in [-0.05, 0) is 31.2 Å². The molecule has 0 fully saturated rings. The minimum Gasteiger partial charge on any atom is -0.368 e. The van der Waals surface area contributed by atoms with Crippen LogP contribution in [0.5, 0.6) is 0 Å². The van der Waals surface area contributed by atoms with Gasteiger partial charge in [0.1, 0.15) is 11.4 Å². The van der Waals surface area contributed by atoms with Crippen molar-refractivity contribution in [2.24, 2.45) is 5.73 Å². The van der Waals surface area contributed by atoms with Crippen molar-refractivity contribution < 1.29 is 9.18 Å². The zero-order chi connectivity index (χ0) is 11.5. The lowest BCUT2D eigenvalue weighted by Gasteiger charge is -2.27. The van der Waals surface area contributed by atoms with Gasteiger partial charge in [0, 0.05) is 0 Å². The van der Waals surface area contributed by atoms with Crippen molar-refractivity contribution in [3.63, 3.8) is 0 Å². The second kappa shape index (κ2) is 4.40. The standard InChI is InChI=1S/C11H15FN2O/c1-3-14-11(2,10(13)15)8-4-6-9(12)7-5-8/h4-7,14H,3H2,1-2H3,(H2,13,15). The van der Waals surface area contributed by atoms with Crippen molar-refractivity contribution in [1.29, 1.82) is 0 Å². The average Bonchev–Trinajstić information content (AvgIpc) is 2.18. The SMILES string of the molecule is CCNC(C)(C(N)=O)c1ccc(F)cc1. The van der Waals surface area contributed by atoms with E-state index in [4.69, 9.17) is 5.73 Å². The minimum absolute atomic E-state index is 0.331. The molecule has 0 bridgehead atoms. The van der Waals surface area contributed by atoms with Gasteiger partial charge in [-0.2, -0.15) is 0 Å². The summed E-state index contributed by atoms with van der Waals surface area (Å²) in [5.41, 5.74) is 5.05. The maximum absolute atomic E-state index is 12.7. The van der Waals surface area contributed by atoms with Crippen molar-refractivity contribution >= 4 is 5.91 Å². The molecule has 1 aromatic rings. The Balaban J connectivity index is 3.09. The summed E-state index contributed by atoms with van der Waals surface area (Å²) >= 11 is 0. The molecule has 0 saturated heterocycles. The summed E-state index contributed by atoms with van der Waals surface area (Å²) < 4.78 is 12.7. The van der Waals surface area contributed by atoms with Crippen molar-refractivity contribution in [3.05, 3.63) is 35.6 Å². The molecular weight excluding hydrogens is 195 g/mol. The van der Waals surface area contributed by atoms with Gasteiger partial charge in [0.2, 0.25) is 5.91 Å². The summed E-state index contributed by atoms with van der Waals surface area (Å²) in [5.74, 6) is -0.807. The third-order valence-electron chi connectivity index (χ3n) is 2.44. The molecule has 1 amide bonds. The first-order valence-corrected chi connectivity index (χ1v) is 4.81. The van der Waals surface area contributed by atoms with E-state index in [2.05, 4.69) is 5.32 Å². The molecule has 0 saturated carbocycles. The highest BCUT2D eigenvalue weighted by molar-refractivity contribution is 5.85. The number of carbonyl (C=O) groups is 1. The van der Waals surface area contributed by atoms with Crippen LogP contribution in [0.1, 0.15) is 19.4 Å². The van der Waals surface area contributed by atoms with Gasteiger partial charge in [-0.25, -0.2) is 4.39 Å². The summed E-state index contributed by atoms with van der Waals surface area (Å²) in [6, 6.07) is 5.74. The van der Waals surface area contributed by atoms with Crippen molar-refractivity contribution in [1.82, 2.24) is 5.32 Å². The van der Waals surface area contributed by atoms with E-state index in [1.54, 1.807) is 19.1 Å². The van der Waals surface area contributed by atoms with Gasteiger partial charge >= 0.3 is 0 Å². The van der Waals surface area contributed by atoms with Gasteiger partial charge < -0.3 is 11.1 Å². The fourth-order valence-electron chi connectivity index (χ4n) is 1.47. The van der Waals surface area contributed by atoms with Crippen LogP contribution in [0.15, 0.2) is 24.3 Å². The number of rotatable bonds is 4. The predicted octanol–water partition coefficient (Wildman–Crippen LogP) is 1.14. The van der Waals surface area contributed by atoms with Crippen LogP contribution < -0.4 is 11.1 Å². The maximum Gasteiger partial charge on any atom is 0.242 e. The summed E-state index contributed by atoms with van der Waals surface area (Å²) in [4.78, 5) is 11.4. The van der Waals surface area contributed by atoms with Crippen LogP contribution in [0.3, 0.4) is 0 Å². The van der Waals surface area contributed by atoms with Crippen molar-refractivity contribution in [2.75, 3.05) is 6.54 Å². The molecule has 1 unspecified atom stereocenters. The van der Waals surface area contributed by atoms with Gasteiger partial charge in [-0.15, -0.1) is 0 Å². The number of likely N-dealkylation sites (N-methyl/N-ethyl adjacent to an activating group) is 1. The average molecular weight is 210 g/mol. The second-order valence-electron chi connectivity index (χ2n) is 3.53. The van der Waals surface area contributed by atoms with E-state index < -0.39 is 11.4 Å². The number of hydrogen-bond acceptors (Lipinski definition) is 2. The van der Waals surface area contributed by atoms with E-state index in [9.17, 15) is 9.18 Å². The van der Waals surface area contributed by atoms with Crippen molar-refractivity contribution in [3.8, 4) is 0 Å². The molecule has 82 valence electrons. The number of primary amides is 1. The Morgan fingerprint density at radius 3 is 2.40 bits per heavy atom. The molecule has 15 heavy (non-hydrogen) atoms. The van der Waals surface area contributed by atoms with E-state index >= 15 is 0 Å². The van der Waals surface area contributed by atoms with E-state index in [1.807, 2.05) is 6.92 Å². The molecule has 0 spiro atoms. The lowest BCUT2D eigenvalue weighted by molar-refractivity contribution is -0.124. The Labute approximate surface area is 88.5 Å². The van der Waals surface area contributed by atoms with E-state index in [0.717, 1.165) is 0 Å². The Kier molecular flexibility index (Phi) is 3.42. The fourth-order valence-corrected chi connectivity index (χ4v) is 1.47. The number of amides is 1. The largest absolute Gasteiger partial charge is 0.368 e. The number of nitrogens with one attached hydrogen (secondary N) is 1. The lowest BCUT2D eigenvalue weighted by atomic mass is 9.91. The van der Waals surface area contributed by atoms with Crippen LogP contribution in [0.25, 0.3) is 0 Å². The quantitative estimate of drug-likeness (QED) is 0.782. The first-order chi connectivity index (χ1) is 7.00. The first kappa shape index (κ1) is 11.7. The van der Waals surface area contributed by atoms with Gasteiger partial charge in [0.25, 0.3) is 0 Å². The van der Waals surface area contributed by atoms with Crippen LogP contribution in [-0.4, -0.2) is 12.5 Å². The Morgan fingerprint density at radius 1 is 1.47 bits per heavy atom. The molecule has 3 N–H and O–H groups in total. The Bertz CT molecular complexity index is 350. The predicted molar refractivity (Wildman–Crippen MR) is 56.6 cm³/mol. The van der Waals surface area contributed by atoms with E-state index in [1.165, 1.54) is 12.1 Å². The third-order valence-corrected chi connectivity index (χ3v) is 2.44. The van der Waals surface area contributed by atoms with E-state index in [0.29, 0.717) is 12.1 Å². The van der Waals surface area contributed by atoms with Crippen LogP contribution in [0, 0.1) is 5.82 Å². The summed E-state index contributed by atoms with van der Waals surface area (Å²) in [6.45, 7) is 4.17. The van der Waals surface area contributed by atoms with Gasteiger partial charge in [-0.3, -0.25) is 4.79 Å². The zero-order valence-electron chi connectivity index (χ0n) is 8.88. The highest BCUT2D eigenvalue weighted by atomic mass is 19.1. The fraction of sp³-hybridized carbons (Fsp3) is 0.364. The molecule has 0 aromatic heterocycles. The Hall–Kier alpha value is -1.42. The summed E-state index contributed by atoms with van der Waals surface area (Å²) in [5, 5.41) is 3.00. The molecule has 0 heterocycles. The van der Waals surface area contributed by atoms with Gasteiger partial charge in [0.05, 0.1) is 0 Å². The molecule has 3 nitrogen and oxygen atoms in total. The highest BCUT2D eigenvalue weighted by Crippen LogP contribution is 2.20. The second-order valence-corrected chi connectivity index (χ2v) is 3.53. The smallest absolute Gasteiger partial charge is 0.242 e. The van der Waals surface area contributed by atoms with Crippen LogP contribution in [0.4, 0.5) is 4.39 Å². The molecule has 0 radical (unpaired) electrons. The molecule has 0 aliphatic carbocycles. The number of nitrogens with two attached hydrogens (primary N) is 1. The van der Waals surface area contributed by atoms with E-state index in [-0.39, 0.29) is 5.82 Å². The maximum atomic E-state index is 12.7. The molecule has 0 aliphatic rings. The monoisotopic (exact) mass is 210 g/mol. The normalized spacial score (nSPS) is 14.6. The van der Waals surface area contributed by atoms with Gasteiger partial charge in [0.15, 0.2) is 0 Å². The molecular formula is C11H15FN2O. The molecule has 1 aromatic carbocycles. The third kappa shape index (κ3) is 2.33. The number of hydrogen-bond donors (Lipinski definition) is 2. The van der Waals surface area contributed by atoms with Crippen LogP contribution in [0.2, 0.25) is 0 Å². The first-order valence-electron chi connectivity index (χ1n) is 4.81. The molecule has 0 aliphatic heterocycles. The Morgan fingerprint density at radius 2 is 2.00 bits per heavy atom. The zero-order valence-corrected chi connectivity index (χ0v) is 8.88. The summed E-state index contributed by atoms with van der Waals surface area (Å²) in [7, 11) is 0. The number of carbonyl (C=O) groups excluding carboxylic acids is 1. The highest BCUT2D eigenvalue weighted by Gasteiger charge is 2.31. The summed E-state index contributed by atoms with van der Waals surface area (Å²) in [6.07, 6.45) is 0. The molecule has 4 heteroatoms.